The van der Waals surface area contributed by atoms with Crippen LogP contribution in [0, 0.1) is 5.82 Å². The van der Waals surface area contributed by atoms with Gasteiger partial charge in [-0.2, -0.15) is 0 Å². The fraction of sp³-hybridized carbons (Fsp3) is 0.125. The summed E-state index contributed by atoms with van der Waals surface area (Å²) in [5.74, 6) is -1.78. The number of anilines is 1. The molecule has 0 aliphatic rings. The lowest BCUT2D eigenvalue weighted by molar-refractivity contribution is 0.0521. The lowest BCUT2D eigenvalue weighted by Gasteiger charge is -2.08. The predicted octanol–water partition coefficient (Wildman–Crippen LogP) is 3.25. The Morgan fingerprint density at radius 2 is 1.86 bits per heavy atom. The quantitative estimate of drug-likeness (QED) is 0.878. The summed E-state index contributed by atoms with van der Waals surface area (Å²) in [5.41, 5.74) is 0.593. The Morgan fingerprint density at radius 3 is 2.52 bits per heavy atom. The van der Waals surface area contributed by atoms with Crippen LogP contribution in [0.15, 0.2) is 48.5 Å². The molecule has 4 nitrogen and oxygen atoms in total. The van der Waals surface area contributed by atoms with Gasteiger partial charge in [0, 0.05) is 11.3 Å². The summed E-state index contributed by atoms with van der Waals surface area (Å²) in [5, 5.41) is 2.61. The van der Waals surface area contributed by atoms with Gasteiger partial charge in [-0.25, -0.2) is 9.18 Å². The Labute approximate surface area is 121 Å². The van der Waals surface area contributed by atoms with E-state index < -0.39 is 11.8 Å². The smallest absolute Gasteiger partial charge is 0.341 e. The molecule has 108 valence electrons. The summed E-state index contributed by atoms with van der Waals surface area (Å²) in [6.07, 6.45) is 0. The van der Waals surface area contributed by atoms with E-state index in [2.05, 4.69) is 5.32 Å². The summed E-state index contributed by atoms with van der Waals surface area (Å²) >= 11 is 0. The number of carbonyl (C=O) groups is 2. The van der Waals surface area contributed by atoms with Crippen molar-refractivity contribution in [3.8, 4) is 0 Å². The minimum Gasteiger partial charge on any atom is -0.462 e. The zero-order valence-electron chi connectivity index (χ0n) is 11.4. The zero-order chi connectivity index (χ0) is 15.2. The Balaban J connectivity index is 2.20. The highest BCUT2D eigenvalue weighted by molar-refractivity contribution is 6.04. The van der Waals surface area contributed by atoms with Crippen LogP contribution in [0.4, 0.5) is 10.1 Å². The third-order valence-electron chi connectivity index (χ3n) is 2.76. The zero-order valence-corrected chi connectivity index (χ0v) is 11.4. The summed E-state index contributed by atoms with van der Waals surface area (Å²) in [4.78, 5) is 23.6. The van der Waals surface area contributed by atoms with Gasteiger partial charge >= 0.3 is 5.97 Å². The van der Waals surface area contributed by atoms with Crippen molar-refractivity contribution in [1.82, 2.24) is 0 Å². The second-order valence-corrected chi connectivity index (χ2v) is 4.24. The van der Waals surface area contributed by atoms with Gasteiger partial charge in [-0.05, 0) is 37.3 Å². The largest absolute Gasteiger partial charge is 0.462 e. The van der Waals surface area contributed by atoms with Crippen molar-refractivity contribution in [2.75, 3.05) is 11.9 Å². The fourth-order valence-electron chi connectivity index (χ4n) is 1.76. The molecule has 0 unspecified atom stereocenters. The van der Waals surface area contributed by atoms with E-state index in [-0.39, 0.29) is 18.1 Å². The molecule has 2 aromatic rings. The van der Waals surface area contributed by atoms with Gasteiger partial charge in [-0.15, -0.1) is 0 Å². The van der Waals surface area contributed by atoms with Gasteiger partial charge in [0.15, 0.2) is 0 Å². The van der Waals surface area contributed by atoms with Crippen molar-refractivity contribution >= 4 is 17.6 Å². The van der Waals surface area contributed by atoms with Crippen molar-refractivity contribution in [3.05, 3.63) is 65.5 Å². The van der Waals surface area contributed by atoms with Gasteiger partial charge in [0.2, 0.25) is 0 Å². The third-order valence-corrected chi connectivity index (χ3v) is 2.76. The number of carbonyl (C=O) groups excluding carboxylic acids is 2. The minimum atomic E-state index is -0.759. The molecule has 0 bridgehead atoms. The first kappa shape index (κ1) is 14.7. The number of hydrogen-bond acceptors (Lipinski definition) is 3. The molecule has 0 radical (unpaired) electrons. The molecule has 0 aliphatic carbocycles. The number of nitrogens with one attached hydrogen (secondary N) is 1. The van der Waals surface area contributed by atoms with E-state index in [4.69, 9.17) is 4.74 Å². The van der Waals surface area contributed by atoms with E-state index in [1.807, 2.05) is 0 Å². The average Bonchev–Trinajstić information content (AvgIpc) is 2.50. The van der Waals surface area contributed by atoms with Crippen LogP contribution in [0.1, 0.15) is 27.6 Å². The molecule has 0 atom stereocenters. The van der Waals surface area contributed by atoms with Crippen LogP contribution < -0.4 is 5.32 Å². The highest BCUT2D eigenvalue weighted by Gasteiger charge is 2.14. The molecule has 5 heteroatoms. The van der Waals surface area contributed by atoms with Crippen LogP contribution in [0.2, 0.25) is 0 Å². The number of halogens is 1. The molecule has 1 N–H and O–H groups in total. The Morgan fingerprint density at radius 1 is 1.14 bits per heavy atom. The van der Waals surface area contributed by atoms with Gasteiger partial charge < -0.3 is 10.1 Å². The molecule has 0 spiro atoms. The molecule has 1 amide bonds. The lowest BCUT2D eigenvalue weighted by atomic mass is 10.1. The maximum atomic E-state index is 13.6. The van der Waals surface area contributed by atoms with Gasteiger partial charge in [0.05, 0.1) is 12.2 Å². The first-order valence-electron chi connectivity index (χ1n) is 6.45. The van der Waals surface area contributed by atoms with Crippen LogP contribution >= 0.6 is 0 Å². The Bertz CT molecular complexity index is 656. The molecular weight excluding hydrogens is 273 g/mol. The Hall–Kier alpha value is -2.69. The number of amides is 1. The second-order valence-electron chi connectivity index (χ2n) is 4.24. The molecular formula is C16H14FNO3. The van der Waals surface area contributed by atoms with Crippen molar-refractivity contribution in [1.29, 1.82) is 0 Å². The predicted molar refractivity (Wildman–Crippen MR) is 76.8 cm³/mol. The minimum absolute atomic E-state index is 0.152. The summed E-state index contributed by atoms with van der Waals surface area (Å²) in [6, 6.07) is 12.4. The van der Waals surface area contributed by atoms with E-state index >= 15 is 0 Å². The molecule has 0 aromatic heterocycles. The summed E-state index contributed by atoms with van der Waals surface area (Å²) in [6.45, 7) is 1.79. The van der Waals surface area contributed by atoms with Gasteiger partial charge in [0.25, 0.3) is 5.91 Å². The van der Waals surface area contributed by atoms with Crippen molar-refractivity contribution < 1.29 is 18.7 Å². The lowest BCUT2D eigenvalue weighted by Crippen LogP contribution is -2.13. The highest BCUT2D eigenvalue weighted by Crippen LogP contribution is 2.17. The molecule has 0 fully saturated rings. The van der Waals surface area contributed by atoms with E-state index in [9.17, 15) is 14.0 Å². The first-order chi connectivity index (χ1) is 10.1. The Kier molecular flexibility index (Phi) is 4.66. The van der Waals surface area contributed by atoms with Crippen LogP contribution in [0.25, 0.3) is 0 Å². The highest BCUT2D eigenvalue weighted by atomic mass is 19.1. The molecule has 21 heavy (non-hydrogen) atoms. The standard InChI is InChI=1S/C16H14FNO3/c1-2-21-16(20)13-10-12(8-9-14(13)17)18-15(19)11-6-4-3-5-7-11/h3-10H,2H2,1H3,(H,18,19). The fourth-order valence-corrected chi connectivity index (χ4v) is 1.76. The number of esters is 1. The van der Waals surface area contributed by atoms with Gasteiger partial charge in [-0.3, -0.25) is 4.79 Å². The molecule has 0 heterocycles. The van der Waals surface area contributed by atoms with Crippen molar-refractivity contribution in [3.63, 3.8) is 0 Å². The summed E-state index contributed by atoms with van der Waals surface area (Å²) in [7, 11) is 0. The normalized spacial score (nSPS) is 10.0. The monoisotopic (exact) mass is 287 g/mol. The average molecular weight is 287 g/mol. The first-order valence-corrected chi connectivity index (χ1v) is 6.45. The van der Waals surface area contributed by atoms with Crippen LogP contribution in [-0.2, 0) is 4.74 Å². The topological polar surface area (TPSA) is 55.4 Å². The maximum Gasteiger partial charge on any atom is 0.341 e. The van der Waals surface area contributed by atoms with Crippen LogP contribution in [-0.4, -0.2) is 18.5 Å². The third kappa shape index (κ3) is 3.66. The van der Waals surface area contributed by atoms with E-state index in [0.29, 0.717) is 11.3 Å². The molecule has 0 saturated heterocycles. The number of ether oxygens (including phenoxy) is 1. The number of rotatable bonds is 4. The van der Waals surface area contributed by atoms with Crippen molar-refractivity contribution in [2.45, 2.75) is 6.92 Å². The van der Waals surface area contributed by atoms with E-state index in [1.54, 1.807) is 37.3 Å². The van der Waals surface area contributed by atoms with E-state index in [0.717, 1.165) is 6.07 Å². The summed E-state index contributed by atoms with van der Waals surface area (Å²) < 4.78 is 18.4. The van der Waals surface area contributed by atoms with Gasteiger partial charge in [0.1, 0.15) is 5.82 Å². The molecule has 2 rings (SSSR count). The van der Waals surface area contributed by atoms with Crippen LogP contribution in [0.3, 0.4) is 0 Å². The van der Waals surface area contributed by atoms with Crippen molar-refractivity contribution in [2.24, 2.45) is 0 Å². The maximum absolute atomic E-state index is 13.6. The molecule has 0 saturated carbocycles. The SMILES string of the molecule is CCOC(=O)c1cc(NC(=O)c2ccccc2)ccc1F. The number of hydrogen-bond donors (Lipinski definition) is 1. The van der Waals surface area contributed by atoms with Crippen LogP contribution in [0.5, 0.6) is 0 Å². The second kappa shape index (κ2) is 6.65. The van der Waals surface area contributed by atoms with Gasteiger partial charge in [-0.1, -0.05) is 18.2 Å². The molecule has 0 aliphatic heterocycles. The van der Waals surface area contributed by atoms with E-state index in [1.165, 1.54) is 12.1 Å². The number of benzene rings is 2. The molecule has 2 aromatic carbocycles.